The Morgan fingerprint density at radius 1 is 1.35 bits per heavy atom. The number of amides is 1. The van der Waals surface area contributed by atoms with E-state index in [0.29, 0.717) is 6.42 Å². The van der Waals surface area contributed by atoms with Crippen molar-refractivity contribution in [3.05, 3.63) is 35.9 Å². The fourth-order valence-electron chi connectivity index (χ4n) is 2.21. The lowest BCUT2D eigenvalue weighted by Crippen LogP contribution is -2.47. The van der Waals surface area contributed by atoms with Gasteiger partial charge in [-0.1, -0.05) is 37.3 Å². The number of sulfonamides is 1. The van der Waals surface area contributed by atoms with Gasteiger partial charge in [0, 0.05) is 13.0 Å². The van der Waals surface area contributed by atoms with Crippen LogP contribution in [-0.2, 0) is 14.8 Å². The topological polar surface area (TPSA) is 66.5 Å². The SMILES string of the molecule is CCC(=O)N1c2ccccc2C=CC1CNS(C)(=O)=O. The van der Waals surface area contributed by atoms with Crippen molar-refractivity contribution < 1.29 is 13.2 Å². The van der Waals surface area contributed by atoms with Gasteiger partial charge in [0.15, 0.2) is 0 Å². The smallest absolute Gasteiger partial charge is 0.227 e. The molecule has 1 unspecified atom stereocenters. The number of hydrogen-bond acceptors (Lipinski definition) is 3. The van der Waals surface area contributed by atoms with Crippen LogP contribution < -0.4 is 9.62 Å². The minimum atomic E-state index is -3.28. The molecule has 20 heavy (non-hydrogen) atoms. The summed E-state index contributed by atoms with van der Waals surface area (Å²) in [5, 5.41) is 0. The minimum Gasteiger partial charge on any atom is -0.304 e. The van der Waals surface area contributed by atoms with Crippen molar-refractivity contribution in [3.63, 3.8) is 0 Å². The Hall–Kier alpha value is -1.66. The predicted octanol–water partition coefficient (Wildman–Crippen LogP) is 1.37. The standard InChI is InChI=1S/C14H18N2O3S/c1-3-14(17)16-12(10-15-20(2,18)19)9-8-11-6-4-5-7-13(11)16/h4-9,12,15H,3,10H2,1-2H3. The van der Waals surface area contributed by atoms with Gasteiger partial charge in [0.2, 0.25) is 15.9 Å². The van der Waals surface area contributed by atoms with Crippen molar-refractivity contribution in [2.24, 2.45) is 0 Å². The molecule has 1 aliphatic rings. The van der Waals surface area contributed by atoms with E-state index in [1.165, 1.54) is 0 Å². The van der Waals surface area contributed by atoms with E-state index in [4.69, 9.17) is 0 Å². The van der Waals surface area contributed by atoms with Crippen molar-refractivity contribution in [2.45, 2.75) is 19.4 Å². The van der Waals surface area contributed by atoms with Crippen LogP contribution in [0.1, 0.15) is 18.9 Å². The summed E-state index contributed by atoms with van der Waals surface area (Å²) in [5.41, 5.74) is 1.78. The lowest BCUT2D eigenvalue weighted by Gasteiger charge is -2.33. The number of hydrogen-bond donors (Lipinski definition) is 1. The molecule has 0 radical (unpaired) electrons. The third kappa shape index (κ3) is 3.26. The fraction of sp³-hybridized carbons (Fsp3) is 0.357. The Labute approximate surface area is 119 Å². The summed E-state index contributed by atoms with van der Waals surface area (Å²) in [6.07, 6.45) is 5.26. The number of carbonyl (C=O) groups excluding carboxylic acids is 1. The predicted molar refractivity (Wildman–Crippen MR) is 79.9 cm³/mol. The highest BCUT2D eigenvalue weighted by atomic mass is 32.2. The van der Waals surface area contributed by atoms with Gasteiger partial charge in [-0.2, -0.15) is 0 Å². The van der Waals surface area contributed by atoms with Gasteiger partial charge in [-0.15, -0.1) is 0 Å². The zero-order chi connectivity index (χ0) is 14.8. The highest BCUT2D eigenvalue weighted by Gasteiger charge is 2.27. The van der Waals surface area contributed by atoms with E-state index in [-0.39, 0.29) is 18.5 Å². The van der Waals surface area contributed by atoms with Crippen molar-refractivity contribution >= 4 is 27.7 Å². The van der Waals surface area contributed by atoms with E-state index in [1.807, 2.05) is 36.4 Å². The third-order valence-electron chi connectivity index (χ3n) is 3.15. The molecule has 1 aromatic rings. The quantitative estimate of drug-likeness (QED) is 0.912. The molecule has 1 aromatic carbocycles. The lowest BCUT2D eigenvalue weighted by atomic mass is 10.0. The Kier molecular flexibility index (Phi) is 4.25. The second-order valence-electron chi connectivity index (χ2n) is 4.72. The van der Waals surface area contributed by atoms with Gasteiger partial charge in [0.05, 0.1) is 18.0 Å². The minimum absolute atomic E-state index is 0.0258. The van der Waals surface area contributed by atoms with E-state index in [0.717, 1.165) is 17.5 Å². The van der Waals surface area contributed by atoms with Gasteiger partial charge >= 0.3 is 0 Å². The maximum atomic E-state index is 12.2. The molecule has 5 nitrogen and oxygen atoms in total. The highest BCUT2D eigenvalue weighted by molar-refractivity contribution is 7.88. The molecule has 1 heterocycles. The zero-order valence-electron chi connectivity index (χ0n) is 11.5. The fourth-order valence-corrected chi connectivity index (χ4v) is 2.69. The Morgan fingerprint density at radius 2 is 2.05 bits per heavy atom. The molecule has 108 valence electrons. The van der Waals surface area contributed by atoms with Gasteiger partial charge in [-0.05, 0) is 11.6 Å². The second-order valence-corrected chi connectivity index (χ2v) is 6.56. The number of carbonyl (C=O) groups is 1. The highest BCUT2D eigenvalue weighted by Crippen LogP contribution is 2.29. The normalized spacial score (nSPS) is 17.9. The van der Waals surface area contributed by atoms with Gasteiger partial charge in [-0.25, -0.2) is 13.1 Å². The molecule has 1 N–H and O–H groups in total. The molecule has 0 fully saturated rings. The number of fused-ring (bicyclic) bond motifs is 1. The van der Waals surface area contributed by atoms with Crippen LogP contribution in [0, 0.1) is 0 Å². The summed E-state index contributed by atoms with van der Waals surface area (Å²) < 4.78 is 24.9. The van der Waals surface area contributed by atoms with Crippen LogP contribution in [0.25, 0.3) is 6.08 Å². The molecule has 1 atom stereocenters. The van der Waals surface area contributed by atoms with E-state index >= 15 is 0 Å². The summed E-state index contributed by atoms with van der Waals surface area (Å²) in [6.45, 7) is 1.97. The van der Waals surface area contributed by atoms with Crippen LogP contribution >= 0.6 is 0 Å². The van der Waals surface area contributed by atoms with Crippen molar-refractivity contribution in [1.29, 1.82) is 0 Å². The molecule has 0 saturated heterocycles. The lowest BCUT2D eigenvalue weighted by molar-refractivity contribution is -0.118. The molecule has 0 spiro atoms. The first-order chi connectivity index (χ1) is 9.42. The van der Waals surface area contributed by atoms with Crippen LogP contribution in [0.3, 0.4) is 0 Å². The van der Waals surface area contributed by atoms with Crippen LogP contribution in [0.4, 0.5) is 5.69 Å². The molecule has 6 heteroatoms. The van der Waals surface area contributed by atoms with E-state index in [2.05, 4.69) is 4.72 Å². The zero-order valence-corrected chi connectivity index (χ0v) is 12.4. The van der Waals surface area contributed by atoms with E-state index in [1.54, 1.807) is 11.8 Å². The average Bonchev–Trinajstić information content (AvgIpc) is 2.42. The van der Waals surface area contributed by atoms with E-state index < -0.39 is 10.0 Å². The molecule has 0 aliphatic carbocycles. The van der Waals surface area contributed by atoms with Crippen molar-refractivity contribution in [3.8, 4) is 0 Å². The summed E-state index contributed by atoms with van der Waals surface area (Å²) >= 11 is 0. The van der Waals surface area contributed by atoms with Gasteiger partial charge in [0.25, 0.3) is 0 Å². The molecular formula is C14H18N2O3S. The molecule has 0 bridgehead atoms. The van der Waals surface area contributed by atoms with Crippen LogP contribution in [-0.4, -0.2) is 33.2 Å². The maximum absolute atomic E-state index is 12.2. The summed E-state index contributed by atoms with van der Waals surface area (Å²) in [5.74, 6) is -0.0258. The van der Waals surface area contributed by atoms with Gasteiger partial charge in [-0.3, -0.25) is 4.79 Å². The summed E-state index contributed by atoms with van der Waals surface area (Å²) in [6, 6.07) is 7.29. The number of nitrogens with zero attached hydrogens (tertiary/aromatic N) is 1. The first-order valence-corrected chi connectivity index (χ1v) is 8.35. The monoisotopic (exact) mass is 294 g/mol. The molecular weight excluding hydrogens is 276 g/mol. The van der Waals surface area contributed by atoms with Crippen molar-refractivity contribution in [2.75, 3.05) is 17.7 Å². The molecule has 2 rings (SSSR count). The van der Waals surface area contributed by atoms with Gasteiger partial charge in [0.1, 0.15) is 0 Å². The third-order valence-corrected chi connectivity index (χ3v) is 3.84. The molecule has 1 aliphatic heterocycles. The Balaban J connectivity index is 2.31. The van der Waals surface area contributed by atoms with Gasteiger partial charge < -0.3 is 4.90 Å². The second kappa shape index (κ2) is 5.76. The number of para-hydroxylation sites is 1. The van der Waals surface area contributed by atoms with E-state index in [9.17, 15) is 13.2 Å². The van der Waals surface area contributed by atoms with Crippen LogP contribution in [0.5, 0.6) is 0 Å². The van der Waals surface area contributed by atoms with Crippen molar-refractivity contribution in [1.82, 2.24) is 4.72 Å². The Morgan fingerprint density at radius 3 is 2.70 bits per heavy atom. The first kappa shape index (κ1) is 14.7. The number of rotatable bonds is 4. The largest absolute Gasteiger partial charge is 0.304 e. The van der Waals surface area contributed by atoms with Crippen LogP contribution in [0.2, 0.25) is 0 Å². The van der Waals surface area contributed by atoms with Crippen LogP contribution in [0.15, 0.2) is 30.3 Å². The summed E-state index contributed by atoms with van der Waals surface area (Å²) in [4.78, 5) is 13.8. The number of nitrogens with one attached hydrogen (secondary N) is 1. The molecule has 0 saturated carbocycles. The average molecular weight is 294 g/mol. The molecule has 0 aromatic heterocycles. The maximum Gasteiger partial charge on any atom is 0.227 e. The Bertz CT molecular complexity index is 638. The summed E-state index contributed by atoms with van der Waals surface area (Å²) in [7, 11) is -3.28. The number of anilines is 1. The molecule has 1 amide bonds. The number of benzene rings is 1. The first-order valence-electron chi connectivity index (χ1n) is 6.46.